The lowest BCUT2D eigenvalue weighted by atomic mass is 10.2. The van der Waals surface area contributed by atoms with Crippen LogP contribution in [0.1, 0.15) is 23.7 Å². The van der Waals surface area contributed by atoms with Gasteiger partial charge in [-0.05, 0) is 12.5 Å². The number of hydrogen-bond donors (Lipinski definition) is 2. The largest absolute Gasteiger partial charge is 0.478 e. The van der Waals surface area contributed by atoms with Crippen molar-refractivity contribution >= 4 is 11.7 Å². The maximum atomic E-state index is 10.8. The van der Waals surface area contributed by atoms with E-state index >= 15 is 0 Å². The Morgan fingerprint density at radius 1 is 1.80 bits per heavy atom. The number of aromatic carboxylic acids is 1. The van der Waals surface area contributed by atoms with Crippen molar-refractivity contribution in [3.8, 4) is 12.3 Å². The Balaban J connectivity index is 2.94. The number of aromatic nitrogens is 1. The fraction of sp³-hybridized carbons (Fsp3) is 0.273. The molecule has 4 nitrogen and oxygen atoms in total. The topological polar surface area (TPSA) is 62.2 Å². The monoisotopic (exact) mass is 204 g/mol. The zero-order valence-electron chi connectivity index (χ0n) is 8.40. The van der Waals surface area contributed by atoms with E-state index in [1.54, 1.807) is 6.07 Å². The molecule has 0 aliphatic carbocycles. The predicted octanol–water partition coefficient (Wildman–Crippen LogP) is 1.60. The Kier molecular flexibility index (Phi) is 3.69. The first-order chi connectivity index (χ1) is 7.19. The summed E-state index contributed by atoms with van der Waals surface area (Å²) in [6.45, 7) is 1.93. The standard InChI is InChI=1S/C11H12N2O2/c1-3-8(4-2)13-10-5-6-12-7-9(10)11(14)15/h1,5-8H,4H2,2H3,(H,12,13)(H,14,15). The number of anilines is 1. The van der Waals surface area contributed by atoms with Crippen LogP contribution in [0.3, 0.4) is 0 Å². The van der Waals surface area contributed by atoms with Crippen LogP contribution in [0, 0.1) is 12.3 Å². The Bertz CT molecular complexity index is 396. The van der Waals surface area contributed by atoms with Gasteiger partial charge in [0.25, 0.3) is 0 Å². The van der Waals surface area contributed by atoms with Gasteiger partial charge in [0, 0.05) is 12.4 Å². The molecule has 0 fully saturated rings. The number of hydrogen-bond acceptors (Lipinski definition) is 3. The zero-order chi connectivity index (χ0) is 11.3. The highest BCUT2D eigenvalue weighted by atomic mass is 16.4. The molecular formula is C11H12N2O2. The minimum Gasteiger partial charge on any atom is -0.478 e. The Morgan fingerprint density at radius 3 is 3.07 bits per heavy atom. The average Bonchev–Trinajstić information content (AvgIpc) is 2.26. The van der Waals surface area contributed by atoms with Crippen LogP contribution < -0.4 is 5.32 Å². The molecule has 1 aromatic rings. The molecule has 0 radical (unpaired) electrons. The second-order valence-corrected chi connectivity index (χ2v) is 3.00. The van der Waals surface area contributed by atoms with E-state index in [1.165, 1.54) is 12.4 Å². The van der Waals surface area contributed by atoms with Gasteiger partial charge < -0.3 is 10.4 Å². The third-order valence-electron chi connectivity index (χ3n) is 1.99. The first-order valence-corrected chi connectivity index (χ1v) is 4.59. The van der Waals surface area contributed by atoms with Gasteiger partial charge in [-0.15, -0.1) is 6.42 Å². The van der Waals surface area contributed by atoms with Gasteiger partial charge in [0.2, 0.25) is 0 Å². The molecule has 0 saturated carbocycles. The molecule has 78 valence electrons. The molecule has 1 heterocycles. The molecule has 0 aliphatic rings. The Labute approximate surface area is 88.3 Å². The van der Waals surface area contributed by atoms with E-state index in [4.69, 9.17) is 11.5 Å². The highest BCUT2D eigenvalue weighted by molar-refractivity contribution is 5.93. The van der Waals surface area contributed by atoms with Gasteiger partial charge in [-0.3, -0.25) is 4.98 Å². The minimum atomic E-state index is -1.02. The van der Waals surface area contributed by atoms with Crippen molar-refractivity contribution < 1.29 is 9.90 Å². The van der Waals surface area contributed by atoms with Gasteiger partial charge in [0.1, 0.15) is 5.56 Å². The summed E-state index contributed by atoms with van der Waals surface area (Å²) in [5.74, 6) is 1.53. The molecule has 0 amide bonds. The number of carbonyl (C=O) groups is 1. The van der Waals surface area contributed by atoms with Crippen molar-refractivity contribution in [2.45, 2.75) is 19.4 Å². The third kappa shape index (κ3) is 2.71. The van der Waals surface area contributed by atoms with Gasteiger partial charge in [0.15, 0.2) is 0 Å². The second-order valence-electron chi connectivity index (χ2n) is 3.00. The van der Waals surface area contributed by atoms with Crippen LogP contribution in [0.5, 0.6) is 0 Å². The molecule has 15 heavy (non-hydrogen) atoms. The van der Waals surface area contributed by atoms with Gasteiger partial charge in [0.05, 0.1) is 11.7 Å². The molecule has 0 saturated heterocycles. The van der Waals surface area contributed by atoms with Crippen LogP contribution in [0.2, 0.25) is 0 Å². The fourth-order valence-corrected chi connectivity index (χ4v) is 1.14. The number of carboxylic acid groups (broad SMARTS) is 1. The number of rotatable bonds is 4. The van der Waals surface area contributed by atoms with Crippen molar-refractivity contribution in [1.82, 2.24) is 4.98 Å². The van der Waals surface area contributed by atoms with E-state index in [-0.39, 0.29) is 11.6 Å². The van der Waals surface area contributed by atoms with Crippen molar-refractivity contribution in [3.63, 3.8) is 0 Å². The Hall–Kier alpha value is -2.02. The van der Waals surface area contributed by atoms with Crippen molar-refractivity contribution in [2.75, 3.05) is 5.32 Å². The second kappa shape index (κ2) is 5.01. The van der Waals surface area contributed by atoms with E-state index in [1.807, 2.05) is 6.92 Å². The van der Waals surface area contributed by atoms with Crippen molar-refractivity contribution in [1.29, 1.82) is 0 Å². The summed E-state index contributed by atoms with van der Waals surface area (Å²) >= 11 is 0. The van der Waals surface area contributed by atoms with Gasteiger partial charge in [-0.25, -0.2) is 4.79 Å². The number of nitrogens with one attached hydrogen (secondary N) is 1. The smallest absolute Gasteiger partial charge is 0.339 e. The molecule has 0 aromatic carbocycles. The fourth-order valence-electron chi connectivity index (χ4n) is 1.14. The summed E-state index contributed by atoms with van der Waals surface area (Å²) in [5, 5.41) is 11.9. The lowest BCUT2D eigenvalue weighted by Gasteiger charge is -2.13. The van der Waals surface area contributed by atoms with E-state index in [0.717, 1.165) is 6.42 Å². The summed E-state index contributed by atoms with van der Waals surface area (Å²) < 4.78 is 0. The molecule has 0 aliphatic heterocycles. The number of nitrogens with zero attached hydrogens (tertiary/aromatic N) is 1. The van der Waals surface area contributed by atoms with Gasteiger partial charge >= 0.3 is 5.97 Å². The van der Waals surface area contributed by atoms with Gasteiger partial charge in [-0.2, -0.15) is 0 Å². The predicted molar refractivity (Wildman–Crippen MR) is 57.7 cm³/mol. The molecule has 0 bridgehead atoms. The molecule has 0 spiro atoms. The maximum absolute atomic E-state index is 10.8. The number of pyridine rings is 1. The summed E-state index contributed by atoms with van der Waals surface area (Å²) in [6, 6.07) is 1.44. The van der Waals surface area contributed by atoms with E-state index < -0.39 is 5.97 Å². The number of carboxylic acids is 1. The Morgan fingerprint density at radius 2 is 2.53 bits per heavy atom. The maximum Gasteiger partial charge on any atom is 0.339 e. The van der Waals surface area contributed by atoms with E-state index in [9.17, 15) is 4.79 Å². The summed E-state index contributed by atoms with van der Waals surface area (Å²) in [7, 11) is 0. The van der Waals surface area contributed by atoms with Crippen LogP contribution in [0.25, 0.3) is 0 Å². The SMILES string of the molecule is C#CC(CC)Nc1ccncc1C(=O)O. The van der Waals surface area contributed by atoms with Crippen LogP contribution in [0.15, 0.2) is 18.5 Å². The molecule has 2 N–H and O–H groups in total. The number of terminal acetylenes is 1. The average molecular weight is 204 g/mol. The minimum absolute atomic E-state index is 0.131. The first kappa shape index (κ1) is 11.1. The normalized spacial score (nSPS) is 11.5. The summed E-state index contributed by atoms with van der Waals surface area (Å²) in [4.78, 5) is 14.6. The highest BCUT2D eigenvalue weighted by Crippen LogP contribution is 2.15. The van der Waals surface area contributed by atoms with Crippen molar-refractivity contribution in [2.24, 2.45) is 0 Å². The molecule has 1 aromatic heterocycles. The lowest BCUT2D eigenvalue weighted by molar-refractivity contribution is 0.0697. The quantitative estimate of drug-likeness (QED) is 0.731. The van der Waals surface area contributed by atoms with Gasteiger partial charge in [-0.1, -0.05) is 12.8 Å². The van der Waals surface area contributed by atoms with E-state index in [2.05, 4.69) is 16.2 Å². The zero-order valence-corrected chi connectivity index (χ0v) is 8.40. The third-order valence-corrected chi connectivity index (χ3v) is 1.99. The van der Waals surface area contributed by atoms with Crippen LogP contribution in [-0.4, -0.2) is 22.1 Å². The molecule has 4 heteroatoms. The summed E-state index contributed by atoms with van der Waals surface area (Å²) in [5.41, 5.74) is 0.633. The van der Waals surface area contributed by atoms with E-state index in [0.29, 0.717) is 5.69 Å². The van der Waals surface area contributed by atoms with Crippen LogP contribution in [0.4, 0.5) is 5.69 Å². The molecule has 1 unspecified atom stereocenters. The highest BCUT2D eigenvalue weighted by Gasteiger charge is 2.11. The van der Waals surface area contributed by atoms with Crippen molar-refractivity contribution in [3.05, 3.63) is 24.0 Å². The summed E-state index contributed by atoms with van der Waals surface area (Å²) in [6.07, 6.45) is 8.84. The molecular weight excluding hydrogens is 192 g/mol. The van der Waals surface area contributed by atoms with Crippen LogP contribution in [-0.2, 0) is 0 Å². The van der Waals surface area contributed by atoms with Crippen LogP contribution >= 0.6 is 0 Å². The molecule has 1 rings (SSSR count). The molecule has 1 atom stereocenters. The lowest BCUT2D eigenvalue weighted by Crippen LogP contribution is -2.18. The first-order valence-electron chi connectivity index (χ1n) is 4.59.